The lowest BCUT2D eigenvalue weighted by atomic mass is 10.1. The van der Waals surface area contributed by atoms with Gasteiger partial charge in [-0.1, -0.05) is 0 Å². The molecule has 3 nitrogen and oxygen atoms in total. The van der Waals surface area contributed by atoms with Gasteiger partial charge < -0.3 is 14.9 Å². The van der Waals surface area contributed by atoms with Gasteiger partial charge in [0, 0.05) is 6.61 Å². The van der Waals surface area contributed by atoms with E-state index in [0.717, 1.165) is 16.9 Å². The SMILES string of the molecule is COc1cc(CCCO)c(O)cc1C. The van der Waals surface area contributed by atoms with E-state index in [1.165, 1.54) is 0 Å². The van der Waals surface area contributed by atoms with Crippen molar-refractivity contribution in [1.29, 1.82) is 0 Å². The monoisotopic (exact) mass is 196 g/mol. The van der Waals surface area contributed by atoms with Crippen LogP contribution in [0.3, 0.4) is 0 Å². The van der Waals surface area contributed by atoms with E-state index >= 15 is 0 Å². The predicted molar refractivity (Wildman–Crippen MR) is 54.8 cm³/mol. The van der Waals surface area contributed by atoms with Gasteiger partial charge in [0.15, 0.2) is 0 Å². The minimum absolute atomic E-state index is 0.135. The molecule has 78 valence electrons. The fraction of sp³-hybridized carbons (Fsp3) is 0.455. The lowest BCUT2D eigenvalue weighted by Gasteiger charge is -2.09. The molecule has 0 unspecified atom stereocenters. The van der Waals surface area contributed by atoms with E-state index in [1.54, 1.807) is 13.2 Å². The third kappa shape index (κ3) is 2.39. The van der Waals surface area contributed by atoms with Crippen LogP contribution in [-0.4, -0.2) is 23.9 Å². The number of phenols is 1. The normalized spacial score (nSPS) is 10.2. The molecule has 0 bridgehead atoms. The van der Waals surface area contributed by atoms with Crippen LogP contribution in [0.25, 0.3) is 0 Å². The summed E-state index contributed by atoms with van der Waals surface area (Å²) in [6.45, 7) is 2.02. The second-order valence-electron chi connectivity index (χ2n) is 3.28. The van der Waals surface area contributed by atoms with Crippen molar-refractivity contribution in [2.24, 2.45) is 0 Å². The summed E-state index contributed by atoms with van der Waals surface area (Å²) in [5, 5.41) is 18.3. The Balaban J connectivity index is 2.92. The fourth-order valence-corrected chi connectivity index (χ4v) is 1.40. The smallest absolute Gasteiger partial charge is 0.122 e. The number of hydrogen-bond acceptors (Lipinski definition) is 3. The van der Waals surface area contributed by atoms with Crippen LogP contribution in [-0.2, 0) is 6.42 Å². The Morgan fingerprint density at radius 1 is 1.36 bits per heavy atom. The molecule has 1 aromatic rings. The summed E-state index contributed by atoms with van der Waals surface area (Å²) < 4.78 is 5.15. The minimum atomic E-state index is 0.135. The Bertz CT molecular complexity index is 308. The molecule has 0 radical (unpaired) electrons. The van der Waals surface area contributed by atoms with E-state index in [9.17, 15) is 5.11 Å². The highest BCUT2D eigenvalue weighted by Gasteiger charge is 2.06. The highest BCUT2D eigenvalue weighted by molar-refractivity contribution is 5.45. The molecule has 14 heavy (non-hydrogen) atoms. The Hall–Kier alpha value is -1.22. The number of rotatable bonds is 4. The first-order chi connectivity index (χ1) is 6.69. The average Bonchev–Trinajstić information content (AvgIpc) is 2.17. The van der Waals surface area contributed by atoms with Crippen LogP contribution < -0.4 is 4.74 Å². The maximum Gasteiger partial charge on any atom is 0.122 e. The van der Waals surface area contributed by atoms with Gasteiger partial charge in [0.05, 0.1) is 7.11 Å². The Morgan fingerprint density at radius 2 is 2.07 bits per heavy atom. The lowest BCUT2D eigenvalue weighted by molar-refractivity contribution is 0.288. The number of aryl methyl sites for hydroxylation is 2. The molecule has 1 aromatic carbocycles. The quantitative estimate of drug-likeness (QED) is 0.769. The Kier molecular flexibility index (Phi) is 3.77. The van der Waals surface area contributed by atoms with Crippen LogP contribution in [0.2, 0.25) is 0 Å². The van der Waals surface area contributed by atoms with Crippen LogP contribution in [0.5, 0.6) is 11.5 Å². The van der Waals surface area contributed by atoms with E-state index in [2.05, 4.69) is 0 Å². The summed E-state index contributed by atoms with van der Waals surface area (Å²) >= 11 is 0. The van der Waals surface area contributed by atoms with E-state index in [4.69, 9.17) is 9.84 Å². The van der Waals surface area contributed by atoms with E-state index in [0.29, 0.717) is 12.8 Å². The molecule has 0 saturated heterocycles. The van der Waals surface area contributed by atoms with Gasteiger partial charge in [-0.15, -0.1) is 0 Å². The minimum Gasteiger partial charge on any atom is -0.508 e. The maximum atomic E-state index is 9.60. The number of benzene rings is 1. The number of aliphatic hydroxyl groups is 1. The molecule has 3 heteroatoms. The third-order valence-electron chi connectivity index (χ3n) is 2.20. The van der Waals surface area contributed by atoms with Gasteiger partial charge in [0.25, 0.3) is 0 Å². The summed E-state index contributed by atoms with van der Waals surface area (Å²) in [7, 11) is 1.61. The lowest BCUT2D eigenvalue weighted by Crippen LogP contribution is -1.94. The van der Waals surface area contributed by atoms with E-state index in [-0.39, 0.29) is 12.4 Å². The van der Waals surface area contributed by atoms with Crippen LogP contribution in [0.15, 0.2) is 12.1 Å². The second kappa shape index (κ2) is 4.86. The summed E-state index contributed by atoms with van der Waals surface area (Å²) in [5.41, 5.74) is 1.74. The zero-order valence-corrected chi connectivity index (χ0v) is 8.58. The van der Waals surface area contributed by atoms with Crippen LogP contribution in [0, 0.1) is 6.92 Å². The average molecular weight is 196 g/mol. The van der Waals surface area contributed by atoms with Crippen LogP contribution in [0.4, 0.5) is 0 Å². The van der Waals surface area contributed by atoms with Crippen molar-refractivity contribution in [3.8, 4) is 11.5 Å². The number of methoxy groups -OCH3 is 1. The summed E-state index contributed by atoms with van der Waals surface area (Å²) in [6.07, 6.45) is 1.32. The molecule has 0 fully saturated rings. The molecule has 0 aliphatic rings. The molecule has 0 atom stereocenters. The highest BCUT2D eigenvalue weighted by atomic mass is 16.5. The molecule has 0 spiro atoms. The largest absolute Gasteiger partial charge is 0.508 e. The summed E-state index contributed by atoms with van der Waals surface area (Å²) in [4.78, 5) is 0. The van der Waals surface area contributed by atoms with Gasteiger partial charge in [-0.2, -0.15) is 0 Å². The van der Waals surface area contributed by atoms with Crippen LogP contribution >= 0.6 is 0 Å². The molecule has 0 aromatic heterocycles. The van der Waals surface area contributed by atoms with E-state index < -0.39 is 0 Å². The fourth-order valence-electron chi connectivity index (χ4n) is 1.40. The molecule has 0 amide bonds. The molecule has 2 N–H and O–H groups in total. The van der Waals surface area contributed by atoms with Gasteiger partial charge in [-0.25, -0.2) is 0 Å². The van der Waals surface area contributed by atoms with Crippen molar-refractivity contribution < 1.29 is 14.9 Å². The van der Waals surface area contributed by atoms with Crippen LogP contribution in [0.1, 0.15) is 17.5 Å². The highest BCUT2D eigenvalue weighted by Crippen LogP contribution is 2.28. The third-order valence-corrected chi connectivity index (χ3v) is 2.20. The van der Waals surface area contributed by atoms with Crippen molar-refractivity contribution in [3.05, 3.63) is 23.3 Å². The van der Waals surface area contributed by atoms with Gasteiger partial charge in [0.1, 0.15) is 11.5 Å². The molecule has 0 aliphatic heterocycles. The van der Waals surface area contributed by atoms with Crippen molar-refractivity contribution >= 4 is 0 Å². The summed E-state index contributed by atoms with van der Waals surface area (Å²) in [5.74, 6) is 1.05. The van der Waals surface area contributed by atoms with Gasteiger partial charge in [-0.3, -0.25) is 0 Å². The maximum absolute atomic E-state index is 9.60. The second-order valence-corrected chi connectivity index (χ2v) is 3.28. The standard InChI is InChI=1S/C11H16O3/c1-8-6-10(13)9(4-3-5-12)7-11(8)14-2/h6-7,12-13H,3-5H2,1-2H3. The van der Waals surface area contributed by atoms with Gasteiger partial charge in [-0.05, 0) is 43.0 Å². The first-order valence-corrected chi connectivity index (χ1v) is 4.66. The molecular formula is C11H16O3. The molecular weight excluding hydrogens is 180 g/mol. The molecule has 1 rings (SSSR count). The number of aromatic hydroxyl groups is 1. The first kappa shape index (κ1) is 10.9. The van der Waals surface area contributed by atoms with Gasteiger partial charge in [0.2, 0.25) is 0 Å². The Morgan fingerprint density at radius 3 is 2.64 bits per heavy atom. The molecule has 0 aliphatic carbocycles. The van der Waals surface area contributed by atoms with Crippen molar-refractivity contribution in [3.63, 3.8) is 0 Å². The number of ether oxygens (including phenoxy) is 1. The summed E-state index contributed by atoms with van der Waals surface area (Å²) in [6, 6.07) is 3.51. The first-order valence-electron chi connectivity index (χ1n) is 4.66. The molecule has 0 heterocycles. The zero-order valence-electron chi connectivity index (χ0n) is 8.58. The number of aliphatic hydroxyl groups excluding tert-OH is 1. The molecule has 0 saturated carbocycles. The van der Waals surface area contributed by atoms with Crippen molar-refractivity contribution in [1.82, 2.24) is 0 Å². The zero-order chi connectivity index (χ0) is 10.6. The Labute approximate surface area is 84.0 Å². The topological polar surface area (TPSA) is 49.7 Å². The number of phenolic OH excluding ortho intramolecular Hbond substituents is 1. The van der Waals surface area contributed by atoms with Crippen molar-refractivity contribution in [2.75, 3.05) is 13.7 Å². The van der Waals surface area contributed by atoms with Gasteiger partial charge >= 0.3 is 0 Å². The number of hydrogen-bond donors (Lipinski definition) is 2. The van der Waals surface area contributed by atoms with Crippen molar-refractivity contribution in [2.45, 2.75) is 19.8 Å². The van der Waals surface area contributed by atoms with E-state index in [1.807, 2.05) is 13.0 Å². The predicted octanol–water partition coefficient (Wildman–Crippen LogP) is 1.63.